The lowest BCUT2D eigenvalue weighted by Gasteiger charge is -2.14. The number of carbonyl (C=O) groups is 1. The smallest absolute Gasteiger partial charge is 0.266 e. The van der Waals surface area contributed by atoms with Crippen LogP contribution in [-0.2, 0) is 21.1 Å². The highest BCUT2D eigenvalue weighted by Crippen LogP contribution is 2.36. The summed E-state index contributed by atoms with van der Waals surface area (Å²) >= 11 is 6.65. The summed E-state index contributed by atoms with van der Waals surface area (Å²) in [7, 11) is -3.91. The number of nitrogens with zero attached hydrogens (tertiary/aromatic N) is 3. The molecule has 0 N–H and O–H groups in total. The number of hydrogen-bond acceptors (Lipinski definition) is 8. The minimum atomic E-state index is -3.91. The fourth-order valence-corrected chi connectivity index (χ4v) is 6.99. The van der Waals surface area contributed by atoms with Crippen molar-refractivity contribution in [2.75, 3.05) is 24.5 Å². The van der Waals surface area contributed by atoms with E-state index in [0.29, 0.717) is 28.9 Å². The molecule has 3 aromatic rings. The molecule has 10 heteroatoms. The molecule has 2 aromatic carbocycles. The second-order valence-corrected chi connectivity index (χ2v) is 12.6. The van der Waals surface area contributed by atoms with Crippen molar-refractivity contribution in [3.05, 3.63) is 76.5 Å². The first-order chi connectivity index (χ1) is 17.8. The molecule has 0 spiro atoms. The molecular weight excluding hydrogens is 527 g/mol. The Labute approximate surface area is 226 Å². The van der Waals surface area contributed by atoms with Gasteiger partial charge in [-0.3, -0.25) is 9.69 Å². The van der Waals surface area contributed by atoms with E-state index in [4.69, 9.17) is 16.6 Å². The number of aryl methyl sites for hydroxylation is 2. The van der Waals surface area contributed by atoms with E-state index < -0.39 is 9.84 Å². The Morgan fingerprint density at radius 1 is 1.08 bits per heavy atom. The molecule has 2 saturated heterocycles. The third kappa shape index (κ3) is 5.51. The van der Waals surface area contributed by atoms with Crippen LogP contribution in [0.1, 0.15) is 36.3 Å². The van der Waals surface area contributed by atoms with Gasteiger partial charge in [-0.2, -0.15) is 4.98 Å². The van der Waals surface area contributed by atoms with Gasteiger partial charge in [-0.25, -0.2) is 8.42 Å². The molecule has 0 atom stereocenters. The Morgan fingerprint density at radius 2 is 1.78 bits per heavy atom. The van der Waals surface area contributed by atoms with Gasteiger partial charge in [0.05, 0.1) is 9.80 Å². The van der Waals surface area contributed by atoms with Crippen molar-refractivity contribution >= 4 is 56.0 Å². The van der Waals surface area contributed by atoms with Crippen LogP contribution in [0.3, 0.4) is 0 Å². The number of aromatic nitrogens is 1. The van der Waals surface area contributed by atoms with Crippen LogP contribution in [0, 0.1) is 6.92 Å². The molecule has 0 saturated carbocycles. The number of rotatable bonds is 8. The monoisotopic (exact) mass is 553 g/mol. The summed E-state index contributed by atoms with van der Waals surface area (Å²) in [6.07, 6.45) is 5.02. The highest BCUT2D eigenvalue weighted by atomic mass is 32.2. The van der Waals surface area contributed by atoms with Gasteiger partial charge >= 0.3 is 0 Å². The molecule has 1 aromatic heterocycles. The SMILES string of the molecule is Cc1ccc(S(=O)(=O)c2nc(C=C3SC(=S)N(CCCc4ccccc4)C3=O)oc2N2CCCC2)cc1. The van der Waals surface area contributed by atoms with Crippen LogP contribution >= 0.6 is 24.0 Å². The molecule has 2 aliphatic rings. The van der Waals surface area contributed by atoms with E-state index in [-0.39, 0.29) is 27.6 Å². The van der Waals surface area contributed by atoms with Crippen LogP contribution < -0.4 is 4.90 Å². The number of oxazole rings is 1. The molecule has 192 valence electrons. The highest BCUT2D eigenvalue weighted by molar-refractivity contribution is 8.26. The topological polar surface area (TPSA) is 83.7 Å². The minimum absolute atomic E-state index is 0.0809. The molecule has 2 aliphatic heterocycles. The summed E-state index contributed by atoms with van der Waals surface area (Å²) in [5.74, 6) is 0.0898. The molecule has 5 rings (SSSR count). The number of benzene rings is 2. The van der Waals surface area contributed by atoms with Crippen molar-refractivity contribution in [1.29, 1.82) is 0 Å². The van der Waals surface area contributed by atoms with E-state index in [9.17, 15) is 13.2 Å². The summed E-state index contributed by atoms with van der Waals surface area (Å²) in [6.45, 7) is 3.79. The van der Waals surface area contributed by atoms with Crippen molar-refractivity contribution in [2.24, 2.45) is 0 Å². The van der Waals surface area contributed by atoms with Gasteiger partial charge in [0.25, 0.3) is 5.91 Å². The van der Waals surface area contributed by atoms with E-state index in [1.807, 2.05) is 30.0 Å². The number of carbonyl (C=O) groups excluding carboxylic acids is 1. The third-order valence-electron chi connectivity index (χ3n) is 6.39. The summed E-state index contributed by atoms with van der Waals surface area (Å²) in [4.78, 5) is 21.5. The van der Waals surface area contributed by atoms with Crippen LogP contribution in [0.5, 0.6) is 0 Å². The van der Waals surface area contributed by atoms with E-state index in [0.717, 1.165) is 31.2 Å². The molecule has 37 heavy (non-hydrogen) atoms. The Bertz CT molecular complexity index is 1440. The van der Waals surface area contributed by atoms with E-state index in [1.54, 1.807) is 29.2 Å². The summed E-state index contributed by atoms with van der Waals surface area (Å²) in [5, 5.41) is -0.122. The molecule has 2 fully saturated rings. The third-order valence-corrected chi connectivity index (χ3v) is 9.44. The molecular formula is C27H27N3O4S3. The van der Waals surface area contributed by atoms with Gasteiger partial charge in [0.1, 0.15) is 4.32 Å². The zero-order valence-electron chi connectivity index (χ0n) is 20.4. The molecule has 1 amide bonds. The Morgan fingerprint density at radius 3 is 2.49 bits per heavy atom. The molecule has 0 unspecified atom stereocenters. The Balaban J connectivity index is 1.39. The lowest BCUT2D eigenvalue weighted by molar-refractivity contribution is -0.122. The van der Waals surface area contributed by atoms with Gasteiger partial charge in [0.2, 0.25) is 26.6 Å². The van der Waals surface area contributed by atoms with Gasteiger partial charge in [-0.05, 0) is 50.3 Å². The molecule has 0 radical (unpaired) electrons. The van der Waals surface area contributed by atoms with Crippen LogP contribution in [0.2, 0.25) is 0 Å². The van der Waals surface area contributed by atoms with Crippen molar-refractivity contribution in [3.8, 4) is 0 Å². The van der Waals surface area contributed by atoms with E-state index in [1.165, 1.54) is 23.4 Å². The summed E-state index contributed by atoms with van der Waals surface area (Å²) in [6, 6.07) is 16.8. The van der Waals surface area contributed by atoms with Crippen molar-refractivity contribution in [3.63, 3.8) is 0 Å². The summed E-state index contributed by atoms with van der Waals surface area (Å²) < 4.78 is 33.5. The standard InChI is InChI=1S/C27H27N3O4S3/c1-19-11-13-21(14-12-19)37(32,33)24-26(29-15-5-6-16-29)34-23(28-24)18-22-25(31)30(27(35)36-22)17-7-10-20-8-3-2-4-9-20/h2-4,8-9,11-14,18H,5-7,10,15-17H2,1H3. The summed E-state index contributed by atoms with van der Waals surface area (Å²) in [5.41, 5.74) is 2.17. The van der Waals surface area contributed by atoms with Crippen LogP contribution in [0.25, 0.3) is 6.08 Å². The maximum Gasteiger partial charge on any atom is 0.266 e. The van der Waals surface area contributed by atoms with Crippen LogP contribution in [-0.4, -0.2) is 48.2 Å². The maximum absolute atomic E-state index is 13.5. The second-order valence-electron chi connectivity index (χ2n) is 9.10. The normalized spacial score (nSPS) is 17.4. The van der Waals surface area contributed by atoms with Crippen LogP contribution in [0.4, 0.5) is 5.88 Å². The molecule has 0 aliphatic carbocycles. The van der Waals surface area contributed by atoms with Crippen LogP contribution in [0.15, 0.2) is 73.8 Å². The quantitative estimate of drug-likeness (QED) is 0.276. The van der Waals surface area contributed by atoms with Gasteiger partial charge in [-0.1, -0.05) is 72.0 Å². The van der Waals surface area contributed by atoms with Gasteiger partial charge in [-0.15, -0.1) is 0 Å². The number of amides is 1. The number of thiocarbonyl (C=S) groups is 1. The zero-order valence-corrected chi connectivity index (χ0v) is 22.9. The van der Waals surface area contributed by atoms with Crippen molar-refractivity contribution in [1.82, 2.24) is 9.88 Å². The zero-order chi connectivity index (χ0) is 26.0. The molecule has 3 heterocycles. The number of thioether (sulfide) groups is 1. The predicted octanol–water partition coefficient (Wildman–Crippen LogP) is 5.25. The fraction of sp³-hybridized carbons (Fsp3) is 0.296. The van der Waals surface area contributed by atoms with Crippen molar-refractivity contribution in [2.45, 2.75) is 42.5 Å². The minimum Gasteiger partial charge on any atom is -0.420 e. The Hall–Kier alpha value is -2.95. The lowest BCUT2D eigenvalue weighted by atomic mass is 10.1. The van der Waals surface area contributed by atoms with Crippen molar-refractivity contribution < 1.29 is 17.6 Å². The number of anilines is 1. The predicted molar refractivity (Wildman–Crippen MR) is 149 cm³/mol. The first-order valence-corrected chi connectivity index (χ1v) is 14.9. The van der Waals surface area contributed by atoms with E-state index >= 15 is 0 Å². The number of hydrogen-bond donors (Lipinski definition) is 0. The Kier molecular flexibility index (Phi) is 7.50. The average Bonchev–Trinajstić information content (AvgIpc) is 3.62. The first kappa shape index (κ1) is 25.7. The number of sulfone groups is 1. The molecule has 0 bridgehead atoms. The maximum atomic E-state index is 13.5. The largest absolute Gasteiger partial charge is 0.420 e. The van der Waals surface area contributed by atoms with Gasteiger partial charge < -0.3 is 9.32 Å². The lowest BCUT2D eigenvalue weighted by Crippen LogP contribution is -2.29. The highest BCUT2D eigenvalue weighted by Gasteiger charge is 2.35. The molecule has 7 nitrogen and oxygen atoms in total. The van der Waals surface area contributed by atoms with Gasteiger partial charge in [0, 0.05) is 25.7 Å². The fourth-order valence-electron chi connectivity index (χ4n) is 4.39. The first-order valence-electron chi connectivity index (χ1n) is 12.2. The van der Waals surface area contributed by atoms with E-state index in [2.05, 4.69) is 17.1 Å². The second kappa shape index (κ2) is 10.8. The van der Waals surface area contributed by atoms with Gasteiger partial charge in [0.15, 0.2) is 0 Å². The average molecular weight is 554 g/mol.